The summed E-state index contributed by atoms with van der Waals surface area (Å²) in [6, 6.07) is 18.2. The number of rotatable bonds is 5. The number of hydrogen-bond acceptors (Lipinski definition) is 5. The van der Waals surface area contributed by atoms with Crippen LogP contribution in [0.2, 0.25) is 0 Å². The third-order valence-corrected chi connectivity index (χ3v) is 5.03. The van der Waals surface area contributed by atoms with Crippen LogP contribution in [-0.2, 0) is 11.3 Å². The zero-order chi connectivity index (χ0) is 17.8. The molecule has 0 spiro atoms. The minimum absolute atomic E-state index is 0.0370. The number of para-hydroxylation sites is 2. The number of benzene rings is 2. The molecule has 6 heteroatoms. The van der Waals surface area contributed by atoms with Gasteiger partial charge in [0.2, 0.25) is 5.91 Å². The highest BCUT2D eigenvalue weighted by atomic mass is 32.1. The fraction of sp³-hybridized carbons (Fsp3) is 0.200. The summed E-state index contributed by atoms with van der Waals surface area (Å²) < 4.78 is 5.91. The highest BCUT2D eigenvalue weighted by Gasteiger charge is 2.29. The maximum absolute atomic E-state index is 12.5. The summed E-state index contributed by atoms with van der Waals surface area (Å²) in [5.74, 6) is 0.811. The molecule has 4 rings (SSSR count). The van der Waals surface area contributed by atoms with Gasteiger partial charge in [0.1, 0.15) is 12.4 Å². The summed E-state index contributed by atoms with van der Waals surface area (Å²) >= 11 is 1.42. The smallest absolute Gasteiger partial charge is 0.228 e. The van der Waals surface area contributed by atoms with Crippen LogP contribution in [-0.4, -0.2) is 23.5 Å². The van der Waals surface area contributed by atoms with Gasteiger partial charge in [0.05, 0.1) is 18.2 Å². The average Bonchev–Trinajstić information content (AvgIpc) is 3.17. The van der Waals surface area contributed by atoms with E-state index < -0.39 is 0 Å². The van der Waals surface area contributed by atoms with Crippen molar-refractivity contribution in [3.05, 3.63) is 71.7 Å². The summed E-state index contributed by atoms with van der Waals surface area (Å²) in [6.45, 7) is 1.21. The second-order valence-electron chi connectivity index (χ2n) is 6.14. The average molecular weight is 365 g/mol. The zero-order valence-corrected chi connectivity index (χ0v) is 15.0. The summed E-state index contributed by atoms with van der Waals surface area (Å²) in [7, 11) is 0. The molecule has 0 radical (unpaired) electrons. The van der Waals surface area contributed by atoms with E-state index >= 15 is 0 Å². The summed E-state index contributed by atoms with van der Waals surface area (Å²) in [6.07, 6.45) is 2.03. The Morgan fingerprint density at radius 1 is 1.19 bits per heavy atom. The lowest BCUT2D eigenvalue weighted by molar-refractivity contribution is -0.116. The molecule has 0 saturated carbocycles. The number of nitrogens with zero attached hydrogens (tertiary/aromatic N) is 2. The summed E-state index contributed by atoms with van der Waals surface area (Å²) in [5, 5.41) is 5.33. The van der Waals surface area contributed by atoms with Gasteiger partial charge in [-0.2, -0.15) is 0 Å². The van der Waals surface area contributed by atoms with Crippen LogP contribution in [0.3, 0.4) is 0 Å². The van der Waals surface area contributed by atoms with Crippen molar-refractivity contribution in [2.24, 2.45) is 0 Å². The molecular formula is C20H19N3O2S. The minimum Gasteiger partial charge on any atom is -0.489 e. The van der Waals surface area contributed by atoms with E-state index in [1.807, 2.05) is 47.8 Å². The number of carbonyl (C=O) groups is 1. The molecule has 1 unspecified atom stereocenters. The number of fused-ring (bicyclic) bond motifs is 1. The number of amides is 1. The topological polar surface area (TPSA) is 54.5 Å². The predicted octanol–water partition coefficient (Wildman–Crippen LogP) is 3.94. The molecule has 1 amide bonds. The third-order valence-electron chi connectivity index (χ3n) is 4.34. The minimum atomic E-state index is -0.0500. The van der Waals surface area contributed by atoms with Gasteiger partial charge in [0.15, 0.2) is 5.13 Å². The number of hydrogen-bond donors (Lipinski definition) is 1. The van der Waals surface area contributed by atoms with E-state index in [-0.39, 0.29) is 11.9 Å². The molecule has 1 atom stereocenters. The lowest BCUT2D eigenvalue weighted by atomic mass is 10.1. The van der Waals surface area contributed by atoms with E-state index in [1.54, 1.807) is 6.20 Å². The Kier molecular flexibility index (Phi) is 4.84. The SMILES string of the molecule is O=C(CC1COc2ccccc2N1Cc1ccccc1)Nc1nccs1. The molecule has 2 aromatic carbocycles. The van der Waals surface area contributed by atoms with E-state index in [9.17, 15) is 4.79 Å². The fourth-order valence-electron chi connectivity index (χ4n) is 3.12. The van der Waals surface area contributed by atoms with Crippen LogP contribution in [0.5, 0.6) is 5.75 Å². The maximum Gasteiger partial charge on any atom is 0.228 e. The predicted molar refractivity (Wildman–Crippen MR) is 104 cm³/mol. The number of aromatic nitrogens is 1. The Balaban J connectivity index is 1.55. The van der Waals surface area contributed by atoms with E-state index in [2.05, 4.69) is 27.3 Å². The van der Waals surface area contributed by atoms with Crippen LogP contribution in [0.25, 0.3) is 0 Å². The van der Waals surface area contributed by atoms with Crippen molar-refractivity contribution in [1.29, 1.82) is 0 Å². The van der Waals surface area contributed by atoms with Gasteiger partial charge in [0.25, 0.3) is 0 Å². The van der Waals surface area contributed by atoms with Crippen molar-refractivity contribution in [1.82, 2.24) is 4.98 Å². The first-order chi connectivity index (χ1) is 12.8. The fourth-order valence-corrected chi connectivity index (χ4v) is 3.67. The van der Waals surface area contributed by atoms with Gasteiger partial charge >= 0.3 is 0 Å². The quantitative estimate of drug-likeness (QED) is 0.744. The Morgan fingerprint density at radius 2 is 2.00 bits per heavy atom. The number of nitrogens with one attached hydrogen (secondary N) is 1. The molecule has 1 aliphatic rings. The standard InChI is InChI=1S/C20H19N3O2S/c24-19(22-20-21-10-11-26-20)12-16-14-25-18-9-5-4-8-17(18)23(16)13-15-6-2-1-3-7-15/h1-11,16H,12-14H2,(H,21,22,24). The van der Waals surface area contributed by atoms with Crippen molar-refractivity contribution in [2.45, 2.75) is 19.0 Å². The van der Waals surface area contributed by atoms with E-state index in [0.717, 1.165) is 18.0 Å². The van der Waals surface area contributed by atoms with Gasteiger partial charge in [-0.3, -0.25) is 4.79 Å². The number of carbonyl (C=O) groups excluding carboxylic acids is 1. The summed E-state index contributed by atoms with van der Waals surface area (Å²) in [4.78, 5) is 18.8. The van der Waals surface area contributed by atoms with Crippen LogP contribution in [0.1, 0.15) is 12.0 Å². The molecule has 1 aliphatic heterocycles. The van der Waals surface area contributed by atoms with Crippen molar-refractivity contribution >= 4 is 28.1 Å². The first-order valence-corrected chi connectivity index (χ1v) is 9.39. The number of thiazole rings is 1. The van der Waals surface area contributed by atoms with Crippen LogP contribution in [0, 0.1) is 0 Å². The number of anilines is 2. The Hall–Kier alpha value is -2.86. The lowest BCUT2D eigenvalue weighted by Gasteiger charge is -2.38. The van der Waals surface area contributed by atoms with Crippen molar-refractivity contribution in [2.75, 3.05) is 16.8 Å². The Labute approximate surface area is 156 Å². The second-order valence-corrected chi connectivity index (χ2v) is 7.03. The Bertz CT molecular complexity index is 868. The third kappa shape index (κ3) is 3.70. The van der Waals surface area contributed by atoms with Crippen LogP contribution in [0.4, 0.5) is 10.8 Å². The first-order valence-electron chi connectivity index (χ1n) is 8.51. The molecular weight excluding hydrogens is 346 g/mol. The molecule has 1 N–H and O–H groups in total. The van der Waals surface area contributed by atoms with E-state index in [4.69, 9.17) is 4.74 Å². The molecule has 5 nitrogen and oxygen atoms in total. The highest BCUT2D eigenvalue weighted by Crippen LogP contribution is 2.35. The van der Waals surface area contributed by atoms with Gasteiger partial charge < -0.3 is 15.0 Å². The van der Waals surface area contributed by atoms with E-state index in [1.165, 1.54) is 16.9 Å². The summed E-state index contributed by atoms with van der Waals surface area (Å²) in [5.41, 5.74) is 2.23. The molecule has 1 aromatic heterocycles. The molecule has 132 valence electrons. The van der Waals surface area contributed by atoms with Crippen molar-refractivity contribution < 1.29 is 9.53 Å². The molecule has 0 saturated heterocycles. The molecule has 2 heterocycles. The molecule has 0 fully saturated rings. The lowest BCUT2D eigenvalue weighted by Crippen LogP contribution is -2.44. The molecule has 0 aliphatic carbocycles. The molecule has 3 aromatic rings. The zero-order valence-electron chi connectivity index (χ0n) is 14.2. The molecule has 26 heavy (non-hydrogen) atoms. The first kappa shape index (κ1) is 16.6. The van der Waals surface area contributed by atoms with Crippen LogP contribution < -0.4 is 15.0 Å². The van der Waals surface area contributed by atoms with Crippen molar-refractivity contribution in [3.8, 4) is 5.75 Å². The van der Waals surface area contributed by atoms with Gasteiger partial charge in [-0.1, -0.05) is 42.5 Å². The van der Waals surface area contributed by atoms with Gasteiger partial charge in [-0.05, 0) is 17.7 Å². The van der Waals surface area contributed by atoms with Crippen LogP contribution in [0.15, 0.2) is 66.2 Å². The largest absolute Gasteiger partial charge is 0.489 e. The monoisotopic (exact) mass is 365 g/mol. The van der Waals surface area contributed by atoms with Gasteiger partial charge in [-0.25, -0.2) is 4.98 Å². The highest BCUT2D eigenvalue weighted by molar-refractivity contribution is 7.13. The Morgan fingerprint density at radius 3 is 2.81 bits per heavy atom. The van der Waals surface area contributed by atoms with E-state index in [0.29, 0.717) is 18.2 Å². The van der Waals surface area contributed by atoms with Crippen molar-refractivity contribution in [3.63, 3.8) is 0 Å². The van der Waals surface area contributed by atoms with Gasteiger partial charge in [-0.15, -0.1) is 11.3 Å². The second kappa shape index (κ2) is 7.58. The molecule has 0 bridgehead atoms. The number of ether oxygens (including phenoxy) is 1. The maximum atomic E-state index is 12.5. The normalized spacial score (nSPS) is 15.8. The van der Waals surface area contributed by atoms with Crippen LogP contribution >= 0.6 is 11.3 Å². The van der Waals surface area contributed by atoms with Gasteiger partial charge in [0, 0.05) is 18.1 Å².